The Hall–Kier alpha value is -2.52. The molecule has 0 radical (unpaired) electrons. The maximum absolute atomic E-state index is 13.7. The molecule has 1 fully saturated rings. The summed E-state index contributed by atoms with van der Waals surface area (Å²) in [5.74, 6) is 0.327. The third kappa shape index (κ3) is 4.16. The minimum Gasteiger partial charge on any atom is -0.367 e. The summed E-state index contributed by atoms with van der Waals surface area (Å²) < 4.78 is 47.4. The summed E-state index contributed by atoms with van der Waals surface area (Å²) in [6.07, 6.45) is -1.52. The van der Waals surface area contributed by atoms with Gasteiger partial charge < -0.3 is 14.7 Å². The smallest absolute Gasteiger partial charge is 0.367 e. The Morgan fingerprint density at radius 1 is 1.32 bits per heavy atom. The van der Waals surface area contributed by atoms with Gasteiger partial charge in [0.2, 0.25) is 5.76 Å². The SMILES string of the molecule is CC[C@@H]1C[C@H](C(F)(F)F)n2nc(C3CCCCN3C(=O)c3cc(C(C)C)no3)cc2N1. The number of rotatable bonds is 4. The van der Waals surface area contributed by atoms with E-state index in [-0.39, 0.29) is 30.0 Å². The van der Waals surface area contributed by atoms with Crippen molar-refractivity contribution >= 4 is 11.7 Å². The summed E-state index contributed by atoms with van der Waals surface area (Å²) in [5.41, 5.74) is 1.17. The molecule has 1 unspecified atom stereocenters. The molecule has 3 atom stereocenters. The number of nitrogens with one attached hydrogen (secondary N) is 1. The van der Waals surface area contributed by atoms with E-state index in [9.17, 15) is 18.0 Å². The molecule has 1 N–H and O–H groups in total. The van der Waals surface area contributed by atoms with Crippen LogP contribution in [-0.2, 0) is 0 Å². The summed E-state index contributed by atoms with van der Waals surface area (Å²) in [5, 5.41) is 11.5. The first-order valence-corrected chi connectivity index (χ1v) is 10.9. The van der Waals surface area contributed by atoms with E-state index in [1.807, 2.05) is 20.8 Å². The Morgan fingerprint density at radius 3 is 2.74 bits per heavy atom. The van der Waals surface area contributed by atoms with Crippen LogP contribution in [-0.4, -0.2) is 44.5 Å². The molecule has 1 saturated heterocycles. The molecule has 4 heterocycles. The fourth-order valence-corrected chi connectivity index (χ4v) is 4.39. The largest absolute Gasteiger partial charge is 0.410 e. The fraction of sp³-hybridized carbons (Fsp3) is 0.667. The third-order valence-electron chi connectivity index (χ3n) is 6.22. The highest BCUT2D eigenvalue weighted by molar-refractivity contribution is 5.91. The lowest BCUT2D eigenvalue weighted by molar-refractivity contribution is -0.173. The van der Waals surface area contributed by atoms with Crippen LogP contribution in [0.3, 0.4) is 0 Å². The van der Waals surface area contributed by atoms with Crippen molar-refractivity contribution in [2.24, 2.45) is 0 Å². The van der Waals surface area contributed by atoms with Crippen LogP contribution < -0.4 is 5.32 Å². The molecule has 170 valence electrons. The molecule has 2 aliphatic rings. The van der Waals surface area contributed by atoms with Crippen molar-refractivity contribution in [3.8, 4) is 0 Å². The Labute approximate surface area is 178 Å². The molecule has 0 bridgehead atoms. The van der Waals surface area contributed by atoms with E-state index in [4.69, 9.17) is 4.52 Å². The molecule has 31 heavy (non-hydrogen) atoms. The fourth-order valence-electron chi connectivity index (χ4n) is 4.39. The van der Waals surface area contributed by atoms with Gasteiger partial charge in [-0.3, -0.25) is 4.79 Å². The Kier molecular flexibility index (Phi) is 5.74. The van der Waals surface area contributed by atoms with Crippen LogP contribution in [0.25, 0.3) is 0 Å². The number of likely N-dealkylation sites (tertiary alicyclic amines) is 1. The minimum absolute atomic E-state index is 0.0581. The molecule has 0 aromatic carbocycles. The normalized spacial score (nSPS) is 24.2. The van der Waals surface area contributed by atoms with E-state index in [1.165, 1.54) is 0 Å². The molecule has 4 rings (SSSR count). The number of carbonyl (C=O) groups excluding carboxylic acids is 1. The molecule has 0 aliphatic carbocycles. The molecule has 0 saturated carbocycles. The van der Waals surface area contributed by atoms with Crippen molar-refractivity contribution in [1.29, 1.82) is 0 Å². The average Bonchev–Trinajstić information content (AvgIpc) is 3.39. The van der Waals surface area contributed by atoms with Gasteiger partial charge in [0.15, 0.2) is 6.04 Å². The zero-order valence-electron chi connectivity index (χ0n) is 17.9. The van der Waals surface area contributed by atoms with E-state index in [0.29, 0.717) is 36.6 Å². The number of alkyl halides is 3. The van der Waals surface area contributed by atoms with Crippen LogP contribution >= 0.6 is 0 Å². The highest BCUT2D eigenvalue weighted by atomic mass is 19.4. The lowest BCUT2D eigenvalue weighted by Gasteiger charge is -2.34. The maximum atomic E-state index is 13.7. The first kappa shape index (κ1) is 21.7. The molecule has 1 amide bonds. The van der Waals surface area contributed by atoms with Gasteiger partial charge in [0.25, 0.3) is 5.91 Å². The van der Waals surface area contributed by atoms with Crippen molar-refractivity contribution < 1.29 is 22.5 Å². The number of fused-ring (bicyclic) bond motifs is 1. The number of piperidine rings is 1. The van der Waals surface area contributed by atoms with Gasteiger partial charge in [-0.2, -0.15) is 18.3 Å². The van der Waals surface area contributed by atoms with Crippen molar-refractivity contribution in [1.82, 2.24) is 19.8 Å². The maximum Gasteiger partial charge on any atom is 0.410 e. The van der Waals surface area contributed by atoms with Crippen molar-refractivity contribution in [3.63, 3.8) is 0 Å². The van der Waals surface area contributed by atoms with Gasteiger partial charge >= 0.3 is 6.18 Å². The number of nitrogens with zero attached hydrogens (tertiary/aromatic N) is 4. The van der Waals surface area contributed by atoms with E-state index < -0.39 is 18.3 Å². The quantitative estimate of drug-likeness (QED) is 0.721. The topological polar surface area (TPSA) is 76.2 Å². The molecule has 0 spiro atoms. The lowest BCUT2D eigenvalue weighted by Crippen LogP contribution is -2.39. The molecule has 2 aromatic heterocycles. The molecule has 10 heteroatoms. The average molecular weight is 439 g/mol. The monoisotopic (exact) mass is 439 g/mol. The van der Waals surface area contributed by atoms with Crippen LogP contribution in [0.2, 0.25) is 0 Å². The van der Waals surface area contributed by atoms with Crippen LogP contribution in [0.5, 0.6) is 0 Å². The van der Waals surface area contributed by atoms with E-state index in [2.05, 4.69) is 15.6 Å². The van der Waals surface area contributed by atoms with Gasteiger partial charge in [-0.05, 0) is 38.0 Å². The van der Waals surface area contributed by atoms with Gasteiger partial charge in [0.05, 0.1) is 17.4 Å². The number of amides is 1. The second kappa shape index (κ2) is 8.20. The molecule has 2 aliphatic heterocycles. The summed E-state index contributed by atoms with van der Waals surface area (Å²) >= 11 is 0. The van der Waals surface area contributed by atoms with Gasteiger partial charge in [-0.15, -0.1) is 0 Å². The van der Waals surface area contributed by atoms with E-state index >= 15 is 0 Å². The van der Waals surface area contributed by atoms with Gasteiger partial charge in [-0.1, -0.05) is 25.9 Å². The molecule has 7 nitrogen and oxygen atoms in total. The van der Waals surface area contributed by atoms with E-state index in [0.717, 1.165) is 17.5 Å². The number of aromatic nitrogens is 3. The van der Waals surface area contributed by atoms with Gasteiger partial charge in [0, 0.05) is 24.7 Å². The molecular formula is C21H28F3N5O2. The van der Waals surface area contributed by atoms with Crippen LogP contribution in [0.15, 0.2) is 16.7 Å². The van der Waals surface area contributed by atoms with Crippen molar-refractivity contribution in [3.05, 3.63) is 29.3 Å². The van der Waals surface area contributed by atoms with Gasteiger partial charge in [-0.25, -0.2) is 4.68 Å². The Bertz CT molecular complexity index is 936. The van der Waals surface area contributed by atoms with Crippen LogP contribution in [0, 0.1) is 0 Å². The Morgan fingerprint density at radius 2 is 2.10 bits per heavy atom. The van der Waals surface area contributed by atoms with Crippen molar-refractivity contribution in [2.75, 3.05) is 11.9 Å². The zero-order valence-corrected chi connectivity index (χ0v) is 17.9. The standard InChI is InChI=1S/C21H28F3N5O2/c1-4-13-9-18(21(22,23)24)29-19(25-13)11-15(26-29)16-7-5-6-8-28(16)20(30)17-10-14(12(2)3)27-31-17/h10-13,16,18,25H,4-9H2,1-3H3/t13-,16?,18-/m1/s1. The summed E-state index contributed by atoms with van der Waals surface area (Å²) in [7, 11) is 0. The summed E-state index contributed by atoms with van der Waals surface area (Å²) in [6.45, 7) is 6.28. The van der Waals surface area contributed by atoms with Crippen LogP contribution in [0.1, 0.15) is 92.8 Å². The number of anilines is 1. The zero-order chi connectivity index (χ0) is 22.3. The molecular weight excluding hydrogens is 411 g/mol. The highest BCUT2D eigenvalue weighted by Crippen LogP contribution is 2.42. The van der Waals surface area contributed by atoms with Crippen molar-refractivity contribution in [2.45, 2.75) is 83.1 Å². The third-order valence-corrected chi connectivity index (χ3v) is 6.22. The highest BCUT2D eigenvalue weighted by Gasteiger charge is 2.46. The summed E-state index contributed by atoms with van der Waals surface area (Å²) in [4.78, 5) is 14.8. The number of hydrogen-bond acceptors (Lipinski definition) is 5. The number of carbonyl (C=O) groups is 1. The first-order chi connectivity index (χ1) is 14.7. The number of halogens is 3. The second-order valence-electron chi connectivity index (χ2n) is 8.72. The summed E-state index contributed by atoms with van der Waals surface area (Å²) in [6, 6.07) is 0.970. The van der Waals surface area contributed by atoms with Crippen LogP contribution in [0.4, 0.5) is 19.0 Å². The predicted octanol–water partition coefficient (Wildman–Crippen LogP) is 5.06. The minimum atomic E-state index is -4.39. The second-order valence-corrected chi connectivity index (χ2v) is 8.72. The van der Waals surface area contributed by atoms with Gasteiger partial charge in [0.1, 0.15) is 5.82 Å². The molecule has 2 aromatic rings. The first-order valence-electron chi connectivity index (χ1n) is 10.9. The number of hydrogen-bond donors (Lipinski definition) is 1. The Balaban J connectivity index is 1.64. The van der Waals surface area contributed by atoms with E-state index in [1.54, 1.807) is 17.0 Å². The predicted molar refractivity (Wildman–Crippen MR) is 108 cm³/mol. The lowest BCUT2D eigenvalue weighted by atomic mass is 9.98.